The van der Waals surface area contributed by atoms with Crippen molar-refractivity contribution in [3.8, 4) is 106 Å². The lowest BCUT2D eigenvalue weighted by molar-refractivity contribution is -0.0399. The van der Waals surface area contributed by atoms with Crippen molar-refractivity contribution in [2.24, 2.45) is 47.3 Å². The maximum Gasteiger partial charge on any atom is 0.0623 e. The SMILES string of the molecule is [2H]c1cccc(-c2ccc(N(c3ccc(-c4ccccc4)cc3)c3ccc(-c4ccc(-c5cccc6c5-c5ccccc5C65C6CC7CC(C6)CC5C7)cc4)cc3)cc2)c1.c1ccc(-c2ccc(N(c3ccc(-c4ccc(-c5cccc6c5-c5ccccc5C65C6CC7CC(C6)CC5C7)cc4)cc3)c3ccc(-n4c5ccccc5c5ccccc54)cc3)cc2)cc1. The maximum absolute atomic E-state index is 8.13. The van der Waals surface area contributed by atoms with E-state index in [1.54, 1.807) is 22.3 Å². The van der Waals surface area contributed by atoms with Crippen LogP contribution >= 0.6 is 0 Å². The standard InChI is InChI=1S/C64H50N2.C58H47N/c1-2-11-44(12-3-1)46-25-29-51(30-26-46)65(53-33-35-54(36-34-53)66-61-19-8-5-13-56(61)57-14-6-9-20-62(57)66)52-31-27-47(28-32-52)45-21-23-48(24-22-45)55-16-10-18-60-63(55)58-15-4-7-17-59(58)64(60)49-38-42-37-43(40-49)41-50(64)39-42;1-3-10-41(11-4-1)44-22-28-50(29-23-44)59(51-30-24-45(25-31-51)42-12-5-2-6-13-42)52-32-26-46(27-33-52)43-18-20-47(21-19-43)53-15-9-17-56-57(53)54-14-7-8-16-55(54)58(56)48-35-39-34-40(37-48)38-49(58)36-39/h1-36,42-43,49-50H,37-41H2;1-33,39-40,48-49H,34-38H2/i;3D. The summed E-state index contributed by atoms with van der Waals surface area (Å²) >= 11 is 0. The summed E-state index contributed by atoms with van der Waals surface area (Å²) in [5.74, 6) is 6.86. The number of aromatic nitrogens is 1. The van der Waals surface area contributed by atoms with Crippen molar-refractivity contribution in [2.45, 2.75) is 75.0 Å². The van der Waals surface area contributed by atoms with Crippen molar-refractivity contribution in [1.29, 1.82) is 0 Å². The number of fused-ring (bicyclic) bond motifs is 9. The highest BCUT2D eigenvalue weighted by molar-refractivity contribution is 6.09. The normalized spacial score (nSPS) is 21.6. The number of rotatable bonds is 14. The minimum absolute atomic E-state index is 0.184. The summed E-state index contributed by atoms with van der Waals surface area (Å²) in [5.41, 5.74) is 40.2. The Bertz CT molecular complexity index is 7060. The third-order valence-electron chi connectivity index (χ3n) is 31.0. The average molecular weight is 1610 g/mol. The van der Waals surface area contributed by atoms with Crippen molar-refractivity contribution in [3.63, 3.8) is 0 Å². The van der Waals surface area contributed by atoms with Gasteiger partial charge < -0.3 is 14.4 Å². The van der Waals surface area contributed by atoms with Crippen LogP contribution in [0.4, 0.5) is 34.1 Å². The first kappa shape index (κ1) is 72.7. The van der Waals surface area contributed by atoms with Crippen LogP contribution in [0.15, 0.2) is 419 Å². The second-order valence-electron chi connectivity index (χ2n) is 37.4. The molecule has 3 nitrogen and oxygen atoms in total. The van der Waals surface area contributed by atoms with Gasteiger partial charge in [-0.2, -0.15) is 0 Å². The van der Waals surface area contributed by atoms with Crippen molar-refractivity contribution < 1.29 is 1.37 Å². The van der Waals surface area contributed by atoms with Crippen LogP contribution in [0.25, 0.3) is 128 Å². The van der Waals surface area contributed by atoms with Crippen molar-refractivity contribution in [3.05, 3.63) is 441 Å². The first-order chi connectivity index (χ1) is 62.3. The molecule has 8 saturated carbocycles. The van der Waals surface area contributed by atoms with Gasteiger partial charge in [0, 0.05) is 61.4 Å². The van der Waals surface area contributed by atoms with Gasteiger partial charge in [0.1, 0.15) is 0 Å². The van der Waals surface area contributed by atoms with E-state index in [1.807, 2.05) is 18.2 Å². The Morgan fingerprint density at radius 1 is 0.208 bits per heavy atom. The maximum atomic E-state index is 8.13. The summed E-state index contributed by atoms with van der Waals surface area (Å²) in [4.78, 5) is 4.71. The van der Waals surface area contributed by atoms with Gasteiger partial charge in [-0.05, 0) is 331 Å². The van der Waals surface area contributed by atoms with Crippen LogP contribution in [-0.4, -0.2) is 4.57 Å². The number of benzene rings is 17. The molecule has 10 aliphatic rings. The van der Waals surface area contributed by atoms with Gasteiger partial charge >= 0.3 is 0 Å². The van der Waals surface area contributed by atoms with Crippen LogP contribution in [0.1, 0.15) is 87.8 Å². The summed E-state index contributed by atoms with van der Waals surface area (Å²) in [5, 5.41) is 2.54. The minimum atomic E-state index is 0.184. The Kier molecular flexibility index (Phi) is 17.5. The second-order valence-corrected chi connectivity index (χ2v) is 37.4. The van der Waals surface area contributed by atoms with E-state index < -0.39 is 0 Å². The Morgan fingerprint density at radius 3 is 0.808 bits per heavy atom. The summed E-state index contributed by atoms with van der Waals surface area (Å²) in [7, 11) is 0. The van der Waals surface area contributed by atoms with E-state index in [1.165, 1.54) is 175 Å². The number of hydrogen-bond acceptors (Lipinski definition) is 2. The first-order valence-electron chi connectivity index (χ1n) is 46.3. The third kappa shape index (κ3) is 12.1. The molecule has 1 heterocycles. The molecule has 0 saturated heterocycles. The molecule has 8 bridgehead atoms. The molecule has 18 aromatic rings. The fourth-order valence-corrected chi connectivity index (χ4v) is 26.3. The lowest BCUT2D eigenvalue weighted by Crippen LogP contribution is -2.55. The highest BCUT2D eigenvalue weighted by Gasteiger charge is 2.63. The molecule has 0 unspecified atom stereocenters. The molecule has 17 aromatic carbocycles. The average Bonchev–Trinajstić information content (AvgIpc) is 1.51. The van der Waals surface area contributed by atoms with E-state index in [-0.39, 0.29) is 10.8 Å². The Labute approximate surface area is 735 Å². The first-order valence-corrected chi connectivity index (χ1v) is 45.8. The molecule has 28 rings (SSSR count). The monoisotopic (exact) mass is 1600 g/mol. The summed E-state index contributed by atoms with van der Waals surface area (Å²) in [6, 6.07) is 153. The van der Waals surface area contributed by atoms with Gasteiger partial charge in [-0.15, -0.1) is 0 Å². The Balaban J connectivity index is 0.000000138. The summed E-state index contributed by atoms with van der Waals surface area (Å²) in [6.07, 6.45) is 14.2. The Morgan fingerprint density at radius 2 is 0.464 bits per heavy atom. The molecular formula is C122H97N3. The van der Waals surface area contributed by atoms with Crippen LogP contribution in [0.2, 0.25) is 0 Å². The lowest BCUT2D eigenvalue weighted by Gasteiger charge is -2.61. The number of anilines is 6. The molecule has 3 heteroatoms. The number of nitrogens with zero attached hydrogens (tertiary/aromatic N) is 3. The Hall–Kier alpha value is -13.9. The van der Waals surface area contributed by atoms with Crippen LogP contribution in [0.3, 0.4) is 0 Å². The molecule has 600 valence electrons. The van der Waals surface area contributed by atoms with Crippen LogP contribution in [0.5, 0.6) is 0 Å². The number of para-hydroxylation sites is 2. The van der Waals surface area contributed by atoms with Gasteiger partial charge in [-0.3, -0.25) is 0 Å². The zero-order valence-corrected chi connectivity index (χ0v) is 70.3. The molecule has 0 atom stereocenters. The molecule has 125 heavy (non-hydrogen) atoms. The van der Waals surface area contributed by atoms with E-state index in [2.05, 4.69) is 409 Å². The van der Waals surface area contributed by atoms with E-state index >= 15 is 0 Å². The molecule has 10 aliphatic carbocycles. The quantitative estimate of drug-likeness (QED) is 0.107. The molecule has 0 radical (unpaired) electrons. The molecular weight excluding hydrogens is 1510 g/mol. The minimum Gasteiger partial charge on any atom is -0.311 e. The van der Waals surface area contributed by atoms with Gasteiger partial charge in [0.05, 0.1) is 12.4 Å². The van der Waals surface area contributed by atoms with Gasteiger partial charge in [0.2, 0.25) is 0 Å². The fraction of sp³-hybridized carbons (Fsp3) is 0.164. The van der Waals surface area contributed by atoms with Gasteiger partial charge in [-0.25, -0.2) is 0 Å². The summed E-state index contributed by atoms with van der Waals surface area (Å²) in [6.45, 7) is 0. The van der Waals surface area contributed by atoms with Crippen molar-refractivity contribution in [1.82, 2.24) is 4.57 Å². The summed E-state index contributed by atoms with van der Waals surface area (Å²) < 4.78 is 10.5. The van der Waals surface area contributed by atoms with Crippen LogP contribution in [0, 0.1) is 47.3 Å². The largest absolute Gasteiger partial charge is 0.311 e. The van der Waals surface area contributed by atoms with E-state index in [9.17, 15) is 0 Å². The fourth-order valence-electron chi connectivity index (χ4n) is 26.3. The van der Waals surface area contributed by atoms with E-state index in [0.717, 1.165) is 98.3 Å². The molecule has 0 aliphatic heterocycles. The predicted octanol–water partition coefficient (Wildman–Crippen LogP) is 32.5. The molecule has 0 amide bonds. The predicted molar refractivity (Wildman–Crippen MR) is 521 cm³/mol. The van der Waals surface area contributed by atoms with Crippen molar-refractivity contribution in [2.75, 3.05) is 9.80 Å². The zero-order valence-electron chi connectivity index (χ0n) is 71.3. The van der Waals surface area contributed by atoms with Crippen molar-refractivity contribution >= 4 is 55.9 Å². The topological polar surface area (TPSA) is 11.4 Å². The van der Waals surface area contributed by atoms with E-state index in [4.69, 9.17) is 1.37 Å². The lowest BCUT2D eigenvalue weighted by atomic mass is 9.43. The third-order valence-corrected chi connectivity index (χ3v) is 31.0. The van der Waals surface area contributed by atoms with E-state index in [0.29, 0.717) is 6.04 Å². The molecule has 2 spiro atoms. The van der Waals surface area contributed by atoms with Crippen LogP contribution < -0.4 is 9.80 Å². The van der Waals surface area contributed by atoms with Gasteiger partial charge in [0.15, 0.2) is 0 Å². The zero-order chi connectivity index (χ0) is 83.1. The highest BCUT2D eigenvalue weighted by atomic mass is 15.1. The van der Waals surface area contributed by atoms with Gasteiger partial charge in [0.25, 0.3) is 0 Å². The highest BCUT2D eigenvalue weighted by Crippen LogP contribution is 2.72. The molecule has 1 aromatic heterocycles. The second kappa shape index (κ2) is 30.0. The number of hydrogen-bond donors (Lipinski definition) is 0. The van der Waals surface area contributed by atoms with Crippen LogP contribution in [-0.2, 0) is 10.8 Å². The molecule has 0 N–H and O–H groups in total. The smallest absolute Gasteiger partial charge is 0.0623 e. The van der Waals surface area contributed by atoms with Gasteiger partial charge in [-0.1, -0.05) is 321 Å². The molecule has 8 fully saturated rings.